The molecule has 4 saturated carbocycles. The monoisotopic (exact) mass is 539 g/mol. The second kappa shape index (κ2) is 10.6. The molecule has 2 aliphatic heterocycles. The van der Waals surface area contributed by atoms with Gasteiger partial charge in [0.05, 0.1) is 5.60 Å². The van der Waals surface area contributed by atoms with Gasteiger partial charge in [-0.15, -0.1) is 11.8 Å². The molecule has 1 saturated heterocycles. The SMILES string of the molecule is O=C1CCC(N2Cc3c(SCCCCCCCNC45CC6CC(CC(O)(C6)C4)C5)cccc3C2=O)C(=O)N1. The number of benzene rings is 1. The topological polar surface area (TPSA) is 98.7 Å². The lowest BCUT2D eigenvalue weighted by Crippen LogP contribution is -2.64. The lowest BCUT2D eigenvalue weighted by molar-refractivity contribution is -0.142. The van der Waals surface area contributed by atoms with E-state index in [1.165, 1.54) is 44.9 Å². The van der Waals surface area contributed by atoms with Crippen molar-refractivity contribution >= 4 is 29.5 Å². The fourth-order valence-corrected chi connectivity index (χ4v) is 9.50. The summed E-state index contributed by atoms with van der Waals surface area (Å²) in [5.74, 6) is 1.76. The molecular formula is C30H41N3O4S. The standard InChI is InChI=1S/C30H41N3O4S/c34-26-10-9-24(27(35)32-26)33-18-23-22(28(33)36)7-6-8-25(23)38-12-5-3-1-2-4-11-31-29-14-20-13-21(15-29)17-30(37,16-20)19-29/h6-8,20-21,24,31,37H,1-5,9-19H2,(H,32,34,35). The van der Waals surface area contributed by atoms with Gasteiger partial charge in [0.2, 0.25) is 11.8 Å². The number of carbonyl (C=O) groups is 3. The second-order valence-corrected chi connectivity index (χ2v) is 13.8. The van der Waals surface area contributed by atoms with Crippen molar-refractivity contribution in [3.63, 3.8) is 0 Å². The maximum atomic E-state index is 13.0. The number of amides is 3. The van der Waals surface area contributed by atoms with Gasteiger partial charge in [0.25, 0.3) is 5.91 Å². The zero-order valence-corrected chi connectivity index (χ0v) is 23.1. The lowest BCUT2D eigenvalue weighted by Gasteiger charge is -2.60. The van der Waals surface area contributed by atoms with Crippen molar-refractivity contribution in [3.8, 4) is 0 Å². The number of hydrogen-bond donors (Lipinski definition) is 3. The third-order valence-corrected chi connectivity index (χ3v) is 10.8. The summed E-state index contributed by atoms with van der Waals surface area (Å²) in [6.07, 6.45) is 13.6. The molecule has 0 radical (unpaired) electrons. The minimum absolute atomic E-state index is 0.103. The molecule has 8 heteroatoms. The first-order chi connectivity index (χ1) is 18.3. The fourth-order valence-electron chi connectivity index (χ4n) is 8.41. The Morgan fingerprint density at radius 2 is 1.79 bits per heavy atom. The van der Waals surface area contributed by atoms with Gasteiger partial charge < -0.3 is 15.3 Å². The first-order valence-electron chi connectivity index (χ1n) is 14.7. The molecule has 2 heterocycles. The third-order valence-electron chi connectivity index (χ3n) is 9.65. The van der Waals surface area contributed by atoms with Crippen LogP contribution in [0.3, 0.4) is 0 Å². The number of nitrogens with zero attached hydrogens (tertiary/aromatic N) is 1. The van der Waals surface area contributed by atoms with Crippen LogP contribution in [-0.4, -0.2) is 57.2 Å². The van der Waals surface area contributed by atoms with Gasteiger partial charge in [-0.1, -0.05) is 25.3 Å². The van der Waals surface area contributed by atoms with Gasteiger partial charge in [0, 0.05) is 29.0 Å². The van der Waals surface area contributed by atoms with Crippen LogP contribution in [0.4, 0.5) is 0 Å². The summed E-state index contributed by atoms with van der Waals surface area (Å²) < 4.78 is 0. The molecule has 38 heavy (non-hydrogen) atoms. The van der Waals surface area contributed by atoms with Gasteiger partial charge in [-0.25, -0.2) is 0 Å². The van der Waals surface area contributed by atoms with Crippen molar-refractivity contribution in [1.82, 2.24) is 15.5 Å². The molecule has 5 fully saturated rings. The minimum Gasteiger partial charge on any atom is -0.390 e. The highest BCUT2D eigenvalue weighted by atomic mass is 32.2. The van der Waals surface area contributed by atoms with Crippen molar-refractivity contribution < 1.29 is 19.5 Å². The van der Waals surface area contributed by atoms with Gasteiger partial charge in [-0.2, -0.15) is 0 Å². The van der Waals surface area contributed by atoms with Crippen molar-refractivity contribution in [2.75, 3.05) is 12.3 Å². The van der Waals surface area contributed by atoms with E-state index in [0.29, 0.717) is 18.5 Å². The van der Waals surface area contributed by atoms with Crippen molar-refractivity contribution in [1.29, 1.82) is 0 Å². The molecule has 4 bridgehead atoms. The predicted molar refractivity (Wildman–Crippen MR) is 147 cm³/mol. The molecule has 3 unspecified atom stereocenters. The summed E-state index contributed by atoms with van der Waals surface area (Å²) in [5.41, 5.74) is 1.54. The first kappa shape index (κ1) is 26.3. The zero-order valence-electron chi connectivity index (χ0n) is 22.3. The van der Waals surface area contributed by atoms with Gasteiger partial charge in [-0.3, -0.25) is 19.7 Å². The molecule has 3 amide bonds. The Morgan fingerprint density at radius 3 is 2.55 bits per heavy atom. The normalized spacial score (nSPS) is 33.7. The third kappa shape index (κ3) is 5.28. The van der Waals surface area contributed by atoms with Crippen LogP contribution in [0, 0.1) is 11.8 Å². The van der Waals surface area contributed by atoms with Gasteiger partial charge in [0.15, 0.2) is 0 Å². The summed E-state index contributed by atoms with van der Waals surface area (Å²) in [5, 5.41) is 17.2. The maximum absolute atomic E-state index is 13.0. The Hall–Kier alpha value is -1.90. The average molecular weight is 540 g/mol. The molecule has 1 aromatic carbocycles. The lowest BCUT2D eigenvalue weighted by atomic mass is 9.51. The van der Waals surface area contributed by atoms with Crippen LogP contribution >= 0.6 is 11.8 Å². The first-order valence-corrected chi connectivity index (χ1v) is 15.7. The molecule has 0 spiro atoms. The number of nitrogens with one attached hydrogen (secondary N) is 2. The van der Waals surface area contributed by atoms with Crippen LogP contribution in [0.1, 0.15) is 99.4 Å². The Kier molecular flexibility index (Phi) is 7.33. The molecule has 7 nitrogen and oxygen atoms in total. The summed E-state index contributed by atoms with van der Waals surface area (Å²) in [7, 11) is 0. The van der Waals surface area contributed by atoms with Gasteiger partial charge in [0.1, 0.15) is 6.04 Å². The fraction of sp³-hybridized carbons (Fsp3) is 0.700. The molecule has 6 aliphatic rings. The van der Waals surface area contributed by atoms with E-state index in [9.17, 15) is 19.5 Å². The van der Waals surface area contributed by atoms with Crippen molar-refractivity contribution in [3.05, 3.63) is 29.3 Å². The molecule has 0 aromatic heterocycles. The Labute approximate surface area is 229 Å². The van der Waals surface area contributed by atoms with E-state index in [-0.39, 0.29) is 35.3 Å². The maximum Gasteiger partial charge on any atom is 0.255 e. The summed E-state index contributed by atoms with van der Waals surface area (Å²) in [6.45, 7) is 1.51. The summed E-state index contributed by atoms with van der Waals surface area (Å²) in [6, 6.07) is 5.30. The Balaban J connectivity index is 0.899. The van der Waals surface area contributed by atoms with Crippen molar-refractivity contribution in [2.45, 2.75) is 112 Å². The molecule has 206 valence electrons. The number of unbranched alkanes of at least 4 members (excludes halogenated alkanes) is 4. The highest BCUT2D eigenvalue weighted by Gasteiger charge is 2.56. The number of rotatable bonds is 11. The van der Waals surface area contributed by atoms with Crippen LogP contribution in [0.15, 0.2) is 23.1 Å². The number of piperidine rings is 1. The second-order valence-electron chi connectivity index (χ2n) is 12.7. The Morgan fingerprint density at radius 1 is 1.03 bits per heavy atom. The van der Waals surface area contributed by atoms with Crippen LogP contribution in [-0.2, 0) is 16.1 Å². The number of aliphatic hydroxyl groups is 1. The number of thioether (sulfide) groups is 1. The highest BCUT2D eigenvalue weighted by Crippen LogP contribution is 2.57. The smallest absolute Gasteiger partial charge is 0.255 e. The van der Waals surface area contributed by atoms with E-state index in [2.05, 4.69) is 16.7 Å². The van der Waals surface area contributed by atoms with Crippen molar-refractivity contribution in [2.24, 2.45) is 11.8 Å². The minimum atomic E-state index is -0.562. The van der Waals surface area contributed by atoms with E-state index < -0.39 is 6.04 Å². The highest BCUT2D eigenvalue weighted by molar-refractivity contribution is 7.99. The Bertz CT molecular complexity index is 1090. The number of imide groups is 1. The van der Waals surface area contributed by atoms with E-state index in [4.69, 9.17) is 0 Å². The largest absolute Gasteiger partial charge is 0.390 e. The molecular weight excluding hydrogens is 498 g/mol. The predicted octanol–water partition coefficient (Wildman–Crippen LogP) is 4.16. The zero-order chi connectivity index (χ0) is 26.3. The van der Waals surface area contributed by atoms with E-state index in [0.717, 1.165) is 60.3 Å². The van der Waals surface area contributed by atoms with Gasteiger partial charge in [-0.05, 0) is 99.6 Å². The average Bonchev–Trinajstić information content (AvgIpc) is 3.18. The number of fused-ring (bicyclic) bond motifs is 1. The van der Waals surface area contributed by atoms with E-state index >= 15 is 0 Å². The van der Waals surface area contributed by atoms with E-state index in [1.807, 2.05) is 23.9 Å². The van der Waals surface area contributed by atoms with E-state index in [1.54, 1.807) is 4.90 Å². The number of hydrogen-bond acceptors (Lipinski definition) is 6. The van der Waals surface area contributed by atoms with Crippen LogP contribution in [0.25, 0.3) is 0 Å². The van der Waals surface area contributed by atoms with Crippen LogP contribution in [0.5, 0.6) is 0 Å². The summed E-state index contributed by atoms with van der Waals surface area (Å²) >= 11 is 1.81. The molecule has 7 rings (SSSR count). The molecule has 1 aromatic rings. The number of carbonyl (C=O) groups excluding carboxylic acids is 3. The quantitative estimate of drug-likeness (QED) is 0.222. The van der Waals surface area contributed by atoms with Gasteiger partial charge >= 0.3 is 0 Å². The molecule has 4 aliphatic carbocycles. The summed E-state index contributed by atoms with van der Waals surface area (Å²) in [4.78, 5) is 39.6. The molecule has 3 atom stereocenters. The molecule has 3 N–H and O–H groups in total. The van der Waals surface area contributed by atoms with Crippen LogP contribution < -0.4 is 10.6 Å². The van der Waals surface area contributed by atoms with Crippen LogP contribution in [0.2, 0.25) is 0 Å².